The van der Waals surface area contributed by atoms with Crippen molar-refractivity contribution in [2.75, 3.05) is 6.61 Å². The van der Waals surface area contributed by atoms with Crippen molar-refractivity contribution in [1.82, 2.24) is 0 Å². The number of hydrogen-bond donors (Lipinski definition) is 2. The fourth-order valence-electron chi connectivity index (χ4n) is 1.83. The minimum Gasteiger partial charge on any atom is -0.493 e. The van der Waals surface area contributed by atoms with E-state index in [1.807, 2.05) is 43.3 Å². The summed E-state index contributed by atoms with van der Waals surface area (Å²) >= 11 is 0. The molecule has 0 amide bonds. The van der Waals surface area contributed by atoms with E-state index in [4.69, 9.17) is 4.74 Å². The predicted octanol–water partition coefficient (Wildman–Crippen LogP) is 2.74. The van der Waals surface area contributed by atoms with Gasteiger partial charge in [-0.3, -0.25) is 0 Å². The molecule has 2 aromatic rings. The highest BCUT2D eigenvalue weighted by Crippen LogP contribution is 2.32. The van der Waals surface area contributed by atoms with Crippen LogP contribution in [0.25, 0.3) is 11.1 Å². The molecule has 0 aliphatic carbocycles. The second-order valence-corrected chi connectivity index (χ2v) is 3.93. The molecule has 0 heterocycles. The first kappa shape index (κ1) is 12.6. The van der Waals surface area contributed by atoms with Crippen molar-refractivity contribution >= 4 is 0 Å². The lowest BCUT2D eigenvalue weighted by Gasteiger charge is -2.13. The van der Waals surface area contributed by atoms with Gasteiger partial charge in [-0.1, -0.05) is 42.5 Å². The molecule has 0 aliphatic rings. The van der Waals surface area contributed by atoms with Crippen LogP contribution in [0.3, 0.4) is 0 Å². The van der Waals surface area contributed by atoms with Crippen LogP contribution in [0.4, 0.5) is 0 Å². The highest BCUT2D eigenvalue weighted by molar-refractivity contribution is 5.70. The third kappa shape index (κ3) is 2.70. The molecule has 0 saturated carbocycles. The summed E-state index contributed by atoms with van der Waals surface area (Å²) in [6.07, 6.45) is -1.48. The molecule has 2 aromatic carbocycles. The molecule has 0 spiro atoms. The van der Waals surface area contributed by atoms with Crippen LogP contribution in [-0.4, -0.2) is 16.8 Å². The van der Waals surface area contributed by atoms with Gasteiger partial charge in [-0.15, -0.1) is 0 Å². The molecule has 0 saturated heterocycles. The van der Waals surface area contributed by atoms with Crippen molar-refractivity contribution in [2.45, 2.75) is 13.2 Å². The second kappa shape index (κ2) is 5.67. The average Bonchev–Trinajstić information content (AvgIpc) is 2.40. The van der Waals surface area contributed by atoms with Gasteiger partial charge in [0.25, 0.3) is 0 Å². The fraction of sp³-hybridized carbons (Fsp3) is 0.200. The zero-order chi connectivity index (χ0) is 13.0. The Kier molecular flexibility index (Phi) is 3.97. The monoisotopic (exact) mass is 244 g/mol. The number of hydrogen-bond acceptors (Lipinski definition) is 3. The Labute approximate surface area is 106 Å². The molecule has 0 atom stereocenters. The molecular formula is C15H16O3. The molecular weight excluding hydrogens is 228 g/mol. The summed E-state index contributed by atoms with van der Waals surface area (Å²) in [4.78, 5) is 0. The van der Waals surface area contributed by atoms with Gasteiger partial charge < -0.3 is 14.9 Å². The summed E-state index contributed by atoms with van der Waals surface area (Å²) in [6.45, 7) is 2.43. The molecule has 2 rings (SSSR count). The third-order valence-electron chi connectivity index (χ3n) is 2.69. The Morgan fingerprint density at radius 3 is 2.39 bits per heavy atom. The molecule has 94 valence electrons. The summed E-state index contributed by atoms with van der Waals surface area (Å²) in [5, 5.41) is 18.4. The Bertz CT molecular complexity index is 506. The van der Waals surface area contributed by atoms with E-state index < -0.39 is 6.29 Å². The lowest BCUT2D eigenvalue weighted by Crippen LogP contribution is -1.99. The smallest absolute Gasteiger partial charge is 0.178 e. The molecule has 0 aromatic heterocycles. The van der Waals surface area contributed by atoms with Crippen LogP contribution in [0.5, 0.6) is 5.75 Å². The number of aliphatic hydroxyl groups excluding tert-OH is 1. The Balaban J connectivity index is 2.47. The zero-order valence-corrected chi connectivity index (χ0v) is 10.2. The van der Waals surface area contributed by atoms with Crippen LogP contribution in [-0.2, 0) is 0 Å². The summed E-state index contributed by atoms with van der Waals surface area (Å²) < 4.78 is 5.56. The van der Waals surface area contributed by atoms with E-state index in [2.05, 4.69) is 0 Å². The van der Waals surface area contributed by atoms with Gasteiger partial charge in [-0.25, -0.2) is 0 Å². The maximum Gasteiger partial charge on any atom is 0.178 e. The number of aliphatic hydroxyl groups is 2. The Hall–Kier alpha value is -1.84. The summed E-state index contributed by atoms with van der Waals surface area (Å²) in [5.41, 5.74) is 2.42. The van der Waals surface area contributed by atoms with Gasteiger partial charge >= 0.3 is 0 Å². The van der Waals surface area contributed by atoms with Gasteiger partial charge in [0.2, 0.25) is 0 Å². The van der Waals surface area contributed by atoms with Crippen molar-refractivity contribution in [2.24, 2.45) is 0 Å². The topological polar surface area (TPSA) is 49.7 Å². The van der Waals surface area contributed by atoms with E-state index in [1.54, 1.807) is 12.1 Å². The Morgan fingerprint density at radius 1 is 1.06 bits per heavy atom. The van der Waals surface area contributed by atoms with Crippen molar-refractivity contribution in [1.29, 1.82) is 0 Å². The predicted molar refractivity (Wildman–Crippen MR) is 70.2 cm³/mol. The van der Waals surface area contributed by atoms with Crippen LogP contribution in [0.1, 0.15) is 18.8 Å². The lowest BCUT2D eigenvalue weighted by molar-refractivity contribution is -0.0426. The lowest BCUT2D eigenvalue weighted by atomic mass is 10.0. The molecule has 18 heavy (non-hydrogen) atoms. The standard InChI is InChI=1S/C15H16O3/c1-2-18-14-10-12(15(16)17)8-9-13(14)11-6-4-3-5-7-11/h3-10,15-17H,2H2,1H3. The van der Waals surface area contributed by atoms with E-state index >= 15 is 0 Å². The SMILES string of the molecule is CCOc1cc(C(O)O)ccc1-c1ccccc1. The van der Waals surface area contributed by atoms with Crippen molar-refractivity contribution in [3.8, 4) is 16.9 Å². The van der Waals surface area contributed by atoms with Crippen LogP contribution in [0, 0.1) is 0 Å². The highest BCUT2D eigenvalue weighted by Gasteiger charge is 2.10. The van der Waals surface area contributed by atoms with Crippen LogP contribution >= 0.6 is 0 Å². The number of benzene rings is 2. The normalized spacial score (nSPS) is 10.7. The maximum absolute atomic E-state index is 9.18. The van der Waals surface area contributed by atoms with Crippen LogP contribution in [0.15, 0.2) is 48.5 Å². The molecule has 0 unspecified atom stereocenters. The minimum absolute atomic E-state index is 0.429. The molecule has 3 heteroatoms. The van der Waals surface area contributed by atoms with E-state index in [0.29, 0.717) is 17.9 Å². The minimum atomic E-state index is -1.48. The summed E-state index contributed by atoms with van der Waals surface area (Å²) in [5.74, 6) is 0.661. The van der Waals surface area contributed by atoms with Crippen LogP contribution in [0.2, 0.25) is 0 Å². The van der Waals surface area contributed by atoms with Gasteiger partial charge in [0.05, 0.1) is 6.61 Å². The molecule has 0 aliphatic heterocycles. The van der Waals surface area contributed by atoms with Crippen molar-refractivity contribution < 1.29 is 14.9 Å². The molecule has 0 fully saturated rings. The quantitative estimate of drug-likeness (QED) is 0.813. The first-order valence-electron chi connectivity index (χ1n) is 5.90. The summed E-state index contributed by atoms with van der Waals surface area (Å²) in [7, 11) is 0. The third-order valence-corrected chi connectivity index (χ3v) is 2.69. The number of rotatable bonds is 4. The van der Waals surface area contributed by atoms with E-state index in [-0.39, 0.29) is 0 Å². The summed E-state index contributed by atoms with van der Waals surface area (Å²) in [6, 6.07) is 15.1. The Morgan fingerprint density at radius 2 is 1.78 bits per heavy atom. The zero-order valence-electron chi connectivity index (χ0n) is 10.2. The van der Waals surface area contributed by atoms with Gasteiger partial charge in [-0.05, 0) is 18.6 Å². The number of ether oxygens (including phenoxy) is 1. The van der Waals surface area contributed by atoms with Crippen LogP contribution < -0.4 is 4.74 Å². The molecule has 2 N–H and O–H groups in total. The largest absolute Gasteiger partial charge is 0.493 e. The first-order chi connectivity index (χ1) is 8.72. The van der Waals surface area contributed by atoms with Crippen molar-refractivity contribution in [3.05, 3.63) is 54.1 Å². The van der Waals surface area contributed by atoms with Gasteiger partial charge in [0.15, 0.2) is 6.29 Å². The van der Waals surface area contributed by atoms with Crippen molar-refractivity contribution in [3.63, 3.8) is 0 Å². The van der Waals surface area contributed by atoms with E-state index in [0.717, 1.165) is 11.1 Å². The highest BCUT2D eigenvalue weighted by atomic mass is 16.5. The molecule has 0 radical (unpaired) electrons. The maximum atomic E-state index is 9.18. The average molecular weight is 244 g/mol. The molecule has 0 bridgehead atoms. The fourth-order valence-corrected chi connectivity index (χ4v) is 1.83. The van der Waals surface area contributed by atoms with Gasteiger partial charge in [0, 0.05) is 11.1 Å². The molecule has 3 nitrogen and oxygen atoms in total. The van der Waals surface area contributed by atoms with E-state index in [1.165, 1.54) is 0 Å². The van der Waals surface area contributed by atoms with Gasteiger partial charge in [-0.2, -0.15) is 0 Å². The second-order valence-electron chi connectivity index (χ2n) is 3.93. The van der Waals surface area contributed by atoms with E-state index in [9.17, 15) is 10.2 Å². The first-order valence-corrected chi connectivity index (χ1v) is 5.90. The van der Waals surface area contributed by atoms with Gasteiger partial charge in [0.1, 0.15) is 5.75 Å².